The summed E-state index contributed by atoms with van der Waals surface area (Å²) in [7, 11) is 9.23. The average Bonchev–Trinajstić information content (AvgIpc) is 3.13. The lowest BCUT2D eigenvalue weighted by Crippen LogP contribution is -2.33. The summed E-state index contributed by atoms with van der Waals surface area (Å²) in [6.45, 7) is 0. The summed E-state index contributed by atoms with van der Waals surface area (Å²) >= 11 is 0. The van der Waals surface area contributed by atoms with Crippen LogP contribution in [0.25, 0.3) is 0 Å². The predicted octanol–water partition coefficient (Wildman–Crippen LogP) is 6.31. The average molecular weight is 623 g/mol. The van der Waals surface area contributed by atoms with E-state index in [1.165, 1.54) is 28.4 Å². The molecular weight excluding hydrogens is 584 g/mol. The Labute approximate surface area is 269 Å². The minimum absolute atomic E-state index is 0.321. The maximum Gasteiger partial charge on any atom is 0.147 e. The number of ether oxygens (including phenoxy) is 6. The highest BCUT2D eigenvalue weighted by molar-refractivity contribution is 5.65. The van der Waals surface area contributed by atoms with Crippen molar-refractivity contribution >= 4 is 0 Å². The van der Waals surface area contributed by atoms with Gasteiger partial charge in [-0.1, -0.05) is 60.7 Å². The summed E-state index contributed by atoms with van der Waals surface area (Å²) in [5, 5.41) is 26.2. The summed E-state index contributed by atoms with van der Waals surface area (Å²) in [6.07, 6.45) is 0. The highest BCUT2D eigenvalue weighted by atomic mass is 16.5. The Morgan fingerprint density at radius 2 is 0.717 bits per heavy atom. The maximum atomic E-state index is 13.1. The van der Waals surface area contributed by atoms with Crippen LogP contribution in [0, 0.1) is 0 Å². The molecule has 2 unspecified atom stereocenters. The van der Waals surface area contributed by atoms with Crippen LogP contribution in [-0.2, 0) is 11.2 Å². The second-order valence-corrected chi connectivity index (χ2v) is 10.5. The minimum Gasteiger partial charge on any atom is -0.497 e. The standard InChI is InChI=1S/C38H38O8/c1-41-27-17-19-29(33(21-27)43-3)37(39,25-13-9-7-10-14-25)31-23-32(36(46-6)24-35(31)45-5)38(40,26-15-11-8-12-16-26)30-20-18-28(42-2)22-34(30)44-4/h7-24,39-40H,1-6H3. The van der Waals surface area contributed by atoms with Crippen molar-refractivity contribution in [3.05, 3.63) is 143 Å². The van der Waals surface area contributed by atoms with Gasteiger partial charge in [0.25, 0.3) is 0 Å². The number of aliphatic hydroxyl groups is 2. The fraction of sp³-hybridized carbons (Fsp3) is 0.211. The molecule has 2 N–H and O–H groups in total. The van der Waals surface area contributed by atoms with E-state index in [0.29, 0.717) is 67.9 Å². The molecule has 0 spiro atoms. The number of rotatable bonds is 12. The van der Waals surface area contributed by atoms with Gasteiger partial charge in [-0.15, -0.1) is 0 Å². The Morgan fingerprint density at radius 1 is 0.370 bits per heavy atom. The predicted molar refractivity (Wildman–Crippen MR) is 176 cm³/mol. The van der Waals surface area contributed by atoms with E-state index in [1.807, 2.05) is 60.7 Å². The van der Waals surface area contributed by atoms with Crippen molar-refractivity contribution in [1.29, 1.82) is 0 Å². The van der Waals surface area contributed by atoms with E-state index in [4.69, 9.17) is 28.4 Å². The first kappa shape index (κ1) is 32.2. The molecule has 5 rings (SSSR count). The summed E-state index contributed by atoms with van der Waals surface area (Å²) in [5.41, 5.74) is -1.07. The van der Waals surface area contributed by atoms with Gasteiger partial charge in [-0.05, 0) is 41.5 Å². The van der Waals surface area contributed by atoms with Crippen LogP contribution in [-0.4, -0.2) is 52.9 Å². The topological polar surface area (TPSA) is 95.8 Å². The number of hydrogen-bond acceptors (Lipinski definition) is 8. The van der Waals surface area contributed by atoms with E-state index < -0.39 is 11.2 Å². The van der Waals surface area contributed by atoms with Crippen LogP contribution in [0.1, 0.15) is 33.4 Å². The normalized spacial score (nSPS) is 13.6. The van der Waals surface area contributed by atoms with Crippen molar-refractivity contribution in [3.8, 4) is 34.5 Å². The van der Waals surface area contributed by atoms with Crippen LogP contribution in [0.5, 0.6) is 34.5 Å². The fourth-order valence-corrected chi connectivity index (χ4v) is 5.93. The second kappa shape index (κ2) is 13.4. The first-order chi connectivity index (χ1) is 22.3. The molecule has 8 heteroatoms. The zero-order valence-electron chi connectivity index (χ0n) is 26.7. The summed E-state index contributed by atoms with van der Waals surface area (Å²) in [4.78, 5) is 0. The number of methoxy groups -OCH3 is 6. The van der Waals surface area contributed by atoms with Gasteiger partial charge >= 0.3 is 0 Å². The van der Waals surface area contributed by atoms with Gasteiger partial charge in [0.05, 0.1) is 42.7 Å². The monoisotopic (exact) mass is 622 g/mol. The molecule has 0 saturated carbocycles. The van der Waals surface area contributed by atoms with E-state index in [9.17, 15) is 10.2 Å². The van der Waals surface area contributed by atoms with E-state index in [2.05, 4.69) is 0 Å². The molecule has 0 saturated heterocycles. The van der Waals surface area contributed by atoms with Gasteiger partial charge in [0.2, 0.25) is 0 Å². The van der Waals surface area contributed by atoms with Crippen molar-refractivity contribution in [2.45, 2.75) is 11.2 Å². The first-order valence-electron chi connectivity index (χ1n) is 14.6. The van der Waals surface area contributed by atoms with E-state index >= 15 is 0 Å². The lowest BCUT2D eigenvalue weighted by atomic mass is 9.74. The molecule has 0 amide bonds. The zero-order valence-corrected chi connectivity index (χ0v) is 26.7. The quantitative estimate of drug-likeness (QED) is 0.157. The molecule has 0 heterocycles. The summed E-state index contributed by atoms with van der Waals surface area (Å²) < 4.78 is 34.4. The Bertz CT molecular complexity index is 1660. The SMILES string of the molecule is COc1ccc(C(O)(c2ccccc2)c2cc(C(O)(c3ccccc3)c3ccc(OC)cc3OC)c(OC)cc2OC)c(OC)c1. The van der Waals surface area contributed by atoms with Gasteiger partial charge in [0.15, 0.2) is 0 Å². The molecule has 0 radical (unpaired) electrons. The third-order valence-corrected chi connectivity index (χ3v) is 8.28. The largest absolute Gasteiger partial charge is 0.497 e. The first-order valence-corrected chi connectivity index (χ1v) is 14.6. The van der Waals surface area contributed by atoms with Crippen LogP contribution in [0.2, 0.25) is 0 Å². The minimum atomic E-state index is -1.84. The molecule has 0 aliphatic carbocycles. The Morgan fingerprint density at radius 3 is 1.04 bits per heavy atom. The maximum absolute atomic E-state index is 13.1. The Balaban J connectivity index is 1.92. The van der Waals surface area contributed by atoms with Gasteiger partial charge in [-0.25, -0.2) is 0 Å². The second-order valence-electron chi connectivity index (χ2n) is 10.5. The molecule has 46 heavy (non-hydrogen) atoms. The summed E-state index contributed by atoms with van der Waals surface area (Å²) in [5.74, 6) is 2.54. The molecule has 5 aromatic rings. The third-order valence-electron chi connectivity index (χ3n) is 8.28. The van der Waals surface area contributed by atoms with Crippen LogP contribution in [0.15, 0.2) is 109 Å². The Hall–Kier alpha value is -5.18. The Kier molecular flexibility index (Phi) is 9.41. The van der Waals surface area contributed by atoms with E-state index in [-0.39, 0.29) is 0 Å². The van der Waals surface area contributed by atoms with Crippen LogP contribution in [0.3, 0.4) is 0 Å². The van der Waals surface area contributed by atoms with E-state index in [0.717, 1.165) is 0 Å². The molecule has 0 bridgehead atoms. The highest BCUT2D eigenvalue weighted by Crippen LogP contribution is 2.51. The molecule has 238 valence electrons. The van der Waals surface area contributed by atoms with Crippen molar-refractivity contribution in [1.82, 2.24) is 0 Å². The smallest absolute Gasteiger partial charge is 0.147 e. The van der Waals surface area contributed by atoms with Crippen LogP contribution in [0.4, 0.5) is 0 Å². The molecule has 2 atom stereocenters. The van der Waals surface area contributed by atoms with Crippen molar-refractivity contribution < 1.29 is 38.6 Å². The highest BCUT2D eigenvalue weighted by Gasteiger charge is 2.44. The molecule has 0 aliphatic heterocycles. The lowest BCUT2D eigenvalue weighted by Gasteiger charge is -2.36. The van der Waals surface area contributed by atoms with Crippen molar-refractivity contribution in [2.24, 2.45) is 0 Å². The van der Waals surface area contributed by atoms with Gasteiger partial charge in [0.1, 0.15) is 45.7 Å². The van der Waals surface area contributed by atoms with E-state index in [1.54, 1.807) is 62.8 Å². The molecule has 0 aliphatic rings. The molecular formula is C38H38O8. The number of hydrogen-bond donors (Lipinski definition) is 2. The van der Waals surface area contributed by atoms with Gasteiger partial charge in [-0.3, -0.25) is 0 Å². The fourth-order valence-electron chi connectivity index (χ4n) is 5.93. The zero-order chi connectivity index (χ0) is 32.9. The number of benzene rings is 5. The lowest BCUT2D eigenvalue weighted by molar-refractivity contribution is 0.110. The summed E-state index contributed by atoms with van der Waals surface area (Å²) in [6, 6.07) is 32.2. The van der Waals surface area contributed by atoms with Gasteiger partial charge < -0.3 is 38.6 Å². The van der Waals surface area contributed by atoms with Crippen LogP contribution >= 0.6 is 0 Å². The van der Waals surface area contributed by atoms with Crippen molar-refractivity contribution in [3.63, 3.8) is 0 Å². The molecule has 5 aromatic carbocycles. The third kappa shape index (κ3) is 5.46. The molecule has 0 aromatic heterocycles. The molecule has 0 fully saturated rings. The van der Waals surface area contributed by atoms with Crippen molar-refractivity contribution in [2.75, 3.05) is 42.7 Å². The van der Waals surface area contributed by atoms with Gasteiger partial charge in [0, 0.05) is 40.5 Å². The molecule has 8 nitrogen and oxygen atoms in total. The van der Waals surface area contributed by atoms with Gasteiger partial charge in [-0.2, -0.15) is 0 Å². The van der Waals surface area contributed by atoms with Crippen LogP contribution < -0.4 is 28.4 Å².